The van der Waals surface area contributed by atoms with Crippen molar-refractivity contribution in [1.29, 1.82) is 0 Å². The van der Waals surface area contributed by atoms with Crippen LogP contribution in [0.25, 0.3) is 11.3 Å². The van der Waals surface area contributed by atoms with Crippen LogP contribution >= 0.6 is 11.3 Å². The monoisotopic (exact) mass is 405 g/mol. The Kier molecular flexibility index (Phi) is 5.67. The normalized spacial score (nSPS) is 10.7. The molecule has 0 aliphatic carbocycles. The second-order valence-electron chi connectivity index (χ2n) is 6.22. The Morgan fingerprint density at radius 3 is 2.76 bits per heavy atom. The second-order valence-corrected chi connectivity index (χ2v) is 7.16. The summed E-state index contributed by atoms with van der Waals surface area (Å²) in [5, 5.41) is 7.12. The highest BCUT2D eigenvalue weighted by molar-refractivity contribution is 7.09. The Morgan fingerprint density at radius 2 is 1.93 bits per heavy atom. The van der Waals surface area contributed by atoms with Crippen molar-refractivity contribution in [3.8, 4) is 22.8 Å². The Bertz CT molecular complexity index is 1110. The van der Waals surface area contributed by atoms with Crippen LogP contribution in [0.15, 0.2) is 72.4 Å². The summed E-state index contributed by atoms with van der Waals surface area (Å²) in [5.41, 5.74) is 2.30. The van der Waals surface area contributed by atoms with E-state index < -0.39 is 0 Å². The van der Waals surface area contributed by atoms with Crippen molar-refractivity contribution in [2.75, 3.05) is 6.61 Å². The molecule has 2 heterocycles. The zero-order valence-electron chi connectivity index (χ0n) is 15.8. The predicted octanol–water partition coefficient (Wildman–Crippen LogP) is 5.02. The van der Waals surface area contributed by atoms with Crippen LogP contribution in [0, 0.1) is 0 Å². The van der Waals surface area contributed by atoms with Crippen molar-refractivity contribution in [2.24, 2.45) is 0 Å². The van der Waals surface area contributed by atoms with Crippen molar-refractivity contribution in [3.63, 3.8) is 0 Å². The van der Waals surface area contributed by atoms with Crippen molar-refractivity contribution in [3.05, 3.63) is 82.9 Å². The molecule has 0 saturated carbocycles. The zero-order valence-corrected chi connectivity index (χ0v) is 16.6. The van der Waals surface area contributed by atoms with Crippen molar-refractivity contribution >= 4 is 17.3 Å². The van der Waals surface area contributed by atoms with Gasteiger partial charge in [-0.3, -0.25) is 4.68 Å². The van der Waals surface area contributed by atoms with Gasteiger partial charge in [0.25, 0.3) is 0 Å². The first-order chi connectivity index (χ1) is 14.2. The van der Waals surface area contributed by atoms with Crippen LogP contribution in [0.1, 0.15) is 22.3 Å². The highest BCUT2D eigenvalue weighted by Crippen LogP contribution is 2.28. The molecule has 0 saturated heterocycles. The lowest BCUT2D eigenvalue weighted by Gasteiger charge is -2.06. The molecule has 0 aliphatic rings. The number of benzene rings is 2. The van der Waals surface area contributed by atoms with Gasteiger partial charge in [0.05, 0.1) is 30.6 Å². The molecule has 2 aromatic heterocycles. The van der Waals surface area contributed by atoms with E-state index in [0.717, 1.165) is 27.8 Å². The topological polar surface area (TPSA) is 66.2 Å². The van der Waals surface area contributed by atoms with E-state index >= 15 is 0 Å². The molecule has 0 atom stereocenters. The molecule has 2 aromatic carbocycles. The van der Waals surface area contributed by atoms with E-state index in [1.807, 2.05) is 60.0 Å². The number of thiazole rings is 1. The second kappa shape index (κ2) is 8.70. The largest absolute Gasteiger partial charge is 0.462 e. The molecule has 0 fully saturated rings. The van der Waals surface area contributed by atoms with Gasteiger partial charge >= 0.3 is 5.97 Å². The molecule has 0 amide bonds. The van der Waals surface area contributed by atoms with E-state index in [9.17, 15) is 4.79 Å². The summed E-state index contributed by atoms with van der Waals surface area (Å²) in [4.78, 5) is 16.5. The zero-order chi connectivity index (χ0) is 20.1. The quantitative estimate of drug-likeness (QED) is 0.404. The molecule has 0 radical (unpaired) electrons. The van der Waals surface area contributed by atoms with Crippen molar-refractivity contribution in [1.82, 2.24) is 14.8 Å². The fourth-order valence-corrected chi connectivity index (χ4v) is 3.56. The lowest BCUT2D eigenvalue weighted by Crippen LogP contribution is -2.04. The van der Waals surface area contributed by atoms with Crippen molar-refractivity contribution in [2.45, 2.75) is 13.5 Å². The SMILES string of the molecule is CCOC(=O)c1cnn(Cc2nc(-c3cccc(Oc4ccccc4)c3)cs2)c1. The minimum atomic E-state index is -0.367. The van der Waals surface area contributed by atoms with Crippen LogP contribution in [-0.4, -0.2) is 27.3 Å². The summed E-state index contributed by atoms with van der Waals surface area (Å²) in [7, 11) is 0. The first kappa shape index (κ1) is 18.9. The van der Waals surface area contributed by atoms with Gasteiger partial charge in [-0.25, -0.2) is 9.78 Å². The number of hydrogen-bond donors (Lipinski definition) is 0. The van der Waals surface area contributed by atoms with Gasteiger partial charge in [0, 0.05) is 17.1 Å². The number of nitrogens with zero attached hydrogens (tertiary/aromatic N) is 3. The maximum atomic E-state index is 11.8. The number of carbonyl (C=O) groups excluding carboxylic acids is 1. The van der Waals surface area contributed by atoms with Gasteiger partial charge in [-0.1, -0.05) is 30.3 Å². The Hall–Kier alpha value is -3.45. The molecule has 29 heavy (non-hydrogen) atoms. The van der Waals surface area contributed by atoms with Gasteiger partial charge in [0.2, 0.25) is 0 Å². The van der Waals surface area contributed by atoms with E-state index in [1.165, 1.54) is 6.20 Å². The number of esters is 1. The number of rotatable bonds is 7. The molecular formula is C22H19N3O3S. The molecule has 6 nitrogen and oxygen atoms in total. The molecule has 0 spiro atoms. The number of carbonyl (C=O) groups is 1. The Balaban J connectivity index is 1.46. The van der Waals surface area contributed by atoms with E-state index in [4.69, 9.17) is 14.5 Å². The summed E-state index contributed by atoms with van der Waals surface area (Å²) < 4.78 is 12.6. The lowest BCUT2D eigenvalue weighted by atomic mass is 10.1. The first-order valence-electron chi connectivity index (χ1n) is 9.18. The molecule has 0 aliphatic heterocycles. The fourth-order valence-electron chi connectivity index (χ4n) is 2.77. The predicted molar refractivity (Wildman–Crippen MR) is 111 cm³/mol. The number of ether oxygens (including phenoxy) is 2. The van der Waals surface area contributed by atoms with Gasteiger partial charge in [-0.15, -0.1) is 11.3 Å². The number of para-hydroxylation sites is 1. The average molecular weight is 405 g/mol. The van der Waals surface area contributed by atoms with E-state index in [0.29, 0.717) is 18.7 Å². The third-order valence-electron chi connectivity index (χ3n) is 4.10. The van der Waals surface area contributed by atoms with Crippen LogP contribution in [-0.2, 0) is 11.3 Å². The molecule has 4 aromatic rings. The summed E-state index contributed by atoms with van der Waals surface area (Å²) in [6, 6.07) is 17.5. The Labute approximate surface area is 172 Å². The van der Waals surface area contributed by atoms with Gasteiger partial charge in [0.15, 0.2) is 0 Å². The number of hydrogen-bond acceptors (Lipinski definition) is 6. The third kappa shape index (κ3) is 4.70. The molecular weight excluding hydrogens is 386 g/mol. The summed E-state index contributed by atoms with van der Waals surface area (Å²) in [6.45, 7) is 2.61. The van der Waals surface area contributed by atoms with Crippen LogP contribution in [0.2, 0.25) is 0 Å². The van der Waals surface area contributed by atoms with Crippen LogP contribution in [0.5, 0.6) is 11.5 Å². The third-order valence-corrected chi connectivity index (χ3v) is 4.94. The molecule has 4 rings (SSSR count). The summed E-state index contributed by atoms with van der Waals surface area (Å²) >= 11 is 1.55. The molecule has 0 bridgehead atoms. The highest BCUT2D eigenvalue weighted by Gasteiger charge is 2.11. The van der Waals surface area contributed by atoms with Crippen LogP contribution in [0.3, 0.4) is 0 Å². The van der Waals surface area contributed by atoms with Gasteiger partial charge in [-0.05, 0) is 31.2 Å². The fraction of sp³-hybridized carbons (Fsp3) is 0.136. The maximum absolute atomic E-state index is 11.8. The smallest absolute Gasteiger partial charge is 0.341 e. The molecule has 0 unspecified atom stereocenters. The van der Waals surface area contributed by atoms with Crippen LogP contribution in [0.4, 0.5) is 0 Å². The van der Waals surface area contributed by atoms with Gasteiger partial charge in [-0.2, -0.15) is 5.10 Å². The minimum Gasteiger partial charge on any atom is -0.462 e. The summed E-state index contributed by atoms with van der Waals surface area (Å²) in [5.74, 6) is 1.18. The average Bonchev–Trinajstić information content (AvgIpc) is 3.39. The van der Waals surface area contributed by atoms with E-state index in [1.54, 1.807) is 29.1 Å². The molecule has 7 heteroatoms. The number of aromatic nitrogens is 3. The highest BCUT2D eigenvalue weighted by atomic mass is 32.1. The van der Waals surface area contributed by atoms with E-state index in [-0.39, 0.29) is 5.97 Å². The Morgan fingerprint density at radius 1 is 1.10 bits per heavy atom. The summed E-state index contributed by atoms with van der Waals surface area (Å²) in [6.07, 6.45) is 3.18. The standard InChI is InChI=1S/C22H19N3O3S/c1-2-27-22(26)17-12-23-25(13-17)14-21-24-20(15-29-21)16-7-6-10-19(11-16)28-18-8-4-3-5-9-18/h3-13,15H,2,14H2,1H3. The van der Waals surface area contributed by atoms with Gasteiger partial charge < -0.3 is 9.47 Å². The molecule has 0 N–H and O–H groups in total. The van der Waals surface area contributed by atoms with E-state index in [2.05, 4.69) is 5.10 Å². The maximum Gasteiger partial charge on any atom is 0.341 e. The minimum absolute atomic E-state index is 0.340. The van der Waals surface area contributed by atoms with Gasteiger partial charge in [0.1, 0.15) is 16.5 Å². The first-order valence-corrected chi connectivity index (χ1v) is 10.1. The van der Waals surface area contributed by atoms with Crippen molar-refractivity contribution < 1.29 is 14.3 Å². The lowest BCUT2D eigenvalue weighted by molar-refractivity contribution is 0.0526. The molecule has 146 valence electrons. The van der Waals surface area contributed by atoms with Crippen LogP contribution < -0.4 is 4.74 Å².